The minimum absolute atomic E-state index is 0.0723. The van der Waals surface area contributed by atoms with Crippen LogP contribution in [0.15, 0.2) is 36.5 Å². The summed E-state index contributed by atoms with van der Waals surface area (Å²) in [6, 6.07) is -0.703. The fourth-order valence-corrected chi connectivity index (χ4v) is 8.30. The van der Waals surface area contributed by atoms with Crippen LogP contribution in [0.1, 0.15) is 284 Å². The first-order valence-electron chi connectivity index (χ1n) is 27.2. The van der Waals surface area contributed by atoms with Crippen molar-refractivity contribution in [2.75, 3.05) is 6.61 Å². The Hall–Kier alpha value is -1.92. The second-order valence-electron chi connectivity index (χ2n) is 18.7. The normalized spacial score (nSPS) is 13.4. The Morgan fingerprint density at radius 2 is 0.823 bits per heavy atom. The Morgan fingerprint density at radius 3 is 1.27 bits per heavy atom. The van der Waals surface area contributed by atoms with Gasteiger partial charge in [-0.1, -0.05) is 231 Å². The predicted molar refractivity (Wildman–Crippen MR) is 269 cm³/mol. The van der Waals surface area contributed by atoms with Gasteiger partial charge in [-0.2, -0.15) is 0 Å². The summed E-state index contributed by atoms with van der Waals surface area (Å²) in [6.45, 7) is 6.46. The van der Waals surface area contributed by atoms with Crippen molar-refractivity contribution in [3.63, 3.8) is 0 Å². The van der Waals surface area contributed by atoms with Crippen molar-refractivity contribution in [3.8, 4) is 0 Å². The van der Waals surface area contributed by atoms with Crippen LogP contribution in [0.25, 0.3) is 0 Å². The summed E-state index contributed by atoms with van der Waals surface area (Å²) in [6.07, 6.45) is 59.1. The lowest BCUT2D eigenvalue weighted by Crippen LogP contribution is -2.46. The Morgan fingerprint density at radius 1 is 0.468 bits per heavy atom. The number of hydrogen-bond donors (Lipinski definition) is 3. The summed E-state index contributed by atoms with van der Waals surface area (Å²) in [7, 11) is 0. The summed E-state index contributed by atoms with van der Waals surface area (Å²) < 4.78 is 5.94. The Bertz CT molecular complexity index is 1020. The standard InChI is InChI=1S/C56H105NO5/c1-4-7-10-13-16-19-22-24-26-27-29-30-33-35-38-41-44-47-52(62-56(61)49-46-43-40-37-34-31-28-25-23-20-17-14-11-8-5-2)50-55(60)57-53(51-58)54(59)48-45-42-39-36-32-21-18-15-12-9-6-3/h17,20,23-26,52-54,58-59H,4-16,18-19,21-22,27-51H2,1-3H3,(H,57,60)/b20-17+,25-23+,26-24+. The molecule has 0 aliphatic rings. The molecule has 0 aromatic carbocycles. The fourth-order valence-electron chi connectivity index (χ4n) is 8.30. The number of hydrogen-bond acceptors (Lipinski definition) is 5. The van der Waals surface area contributed by atoms with E-state index in [2.05, 4.69) is 62.5 Å². The molecule has 0 spiro atoms. The molecule has 3 N–H and O–H groups in total. The van der Waals surface area contributed by atoms with E-state index in [9.17, 15) is 19.8 Å². The van der Waals surface area contributed by atoms with Crippen LogP contribution in [0.3, 0.4) is 0 Å². The number of aliphatic hydroxyl groups excluding tert-OH is 2. The van der Waals surface area contributed by atoms with Gasteiger partial charge in [0, 0.05) is 6.42 Å². The third-order valence-corrected chi connectivity index (χ3v) is 12.5. The molecular weight excluding hydrogens is 767 g/mol. The van der Waals surface area contributed by atoms with Crippen molar-refractivity contribution >= 4 is 11.9 Å². The molecule has 0 saturated carbocycles. The lowest BCUT2D eigenvalue weighted by Gasteiger charge is -2.24. The molecule has 62 heavy (non-hydrogen) atoms. The quantitative estimate of drug-likeness (QED) is 0.0245. The minimum Gasteiger partial charge on any atom is -0.462 e. The van der Waals surface area contributed by atoms with Gasteiger partial charge in [0.05, 0.1) is 25.2 Å². The largest absolute Gasteiger partial charge is 0.462 e. The van der Waals surface area contributed by atoms with Crippen LogP contribution in [-0.2, 0) is 14.3 Å². The molecule has 0 saturated heterocycles. The third kappa shape index (κ3) is 44.7. The van der Waals surface area contributed by atoms with Crippen molar-refractivity contribution in [1.82, 2.24) is 5.32 Å². The summed E-state index contributed by atoms with van der Waals surface area (Å²) in [5.74, 6) is -0.481. The highest BCUT2D eigenvalue weighted by Gasteiger charge is 2.24. The number of rotatable bonds is 49. The van der Waals surface area contributed by atoms with E-state index in [1.807, 2.05) is 0 Å². The van der Waals surface area contributed by atoms with Crippen LogP contribution in [0, 0.1) is 0 Å². The number of carbonyl (C=O) groups excluding carboxylic acids is 2. The van der Waals surface area contributed by atoms with E-state index in [1.165, 1.54) is 173 Å². The van der Waals surface area contributed by atoms with Crippen LogP contribution in [0.5, 0.6) is 0 Å². The van der Waals surface area contributed by atoms with Crippen LogP contribution < -0.4 is 5.32 Å². The number of aliphatic hydroxyl groups is 2. The van der Waals surface area contributed by atoms with E-state index in [0.29, 0.717) is 19.3 Å². The molecule has 0 aromatic heterocycles. The number of nitrogens with one attached hydrogen (secondary N) is 1. The van der Waals surface area contributed by atoms with Crippen molar-refractivity contribution in [3.05, 3.63) is 36.5 Å². The fraction of sp³-hybridized carbons (Fsp3) is 0.857. The summed E-state index contributed by atoms with van der Waals surface area (Å²) >= 11 is 0. The van der Waals surface area contributed by atoms with Crippen molar-refractivity contribution in [2.24, 2.45) is 0 Å². The van der Waals surface area contributed by atoms with Gasteiger partial charge in [-0.15, -0.1) is 0 Å². The molecule has 3 unspecified atom stereocenters. The van der Waals surface area contributed by atoms with Gasteiger partial charge in [0.2, 0.25) is 5.91 Å². The van der Waals surface area contributed by atoms with E-state index in [0.717, 1.165) is 64.2 Å². The van der Waals surface area contributed by atoms with Gasteiger partial charge < -0.3 is 20.3 Å². The molecule has 0 bridgehead atoms. The van der Waals surface area contributed by atoms with Crippen molar-refractivity contribution in [2.45, 2.75) is 302 Å². The Labute approximate surface area is 385 Å². The van der Waals surface area contributed by atoms with E-state index in [1.54, 1.807) is 0 Å². The van der Waals surface area contributed by atoms with Gasteiger partial charge in [0.25, 0.3) is 0 Å². The predicted octanol–water partition coefficient (Wildman–Crippen LogP) is 16.5. The van der Waals surface area contributed by atoms with Gasteiger partial charge in [0.1, 0.15) is 6.10 Å². The molecule has 6 nitrogen and oxygen atoms in total. The van der Waals surface area contributed by atoms with Crippen LogP contribution in [-0.4, -0.2) is 46.9 Å². The summed E-state index contributed by atoms with van der Waals surface area (Å²) in [5, 5.41) is 23.8. The van der Waals surface area contributed by atoms with Gasteiger partial charge >= 0.3 is 5.97 Å². The van der Waals surface area contributed by atoms with Gasteiger partial charge in [0.15, 0.2) is 0 Å². The van der Waals surface area contributed by atoms with Gasteiger partial charge in [-0.3, -0.25) is 9.59 Å². The van der Waals surface area contributed by atoms with Crippen LogP contribution in [0.4, 0.5) is 0 Å². The highest BCUT2D eigenvalue weighted by atomic mass is 16.5. The third-order valence-electron chi connectivity index (χ3n) is 12.5. The first kappa shape index (κ1) is 60.1. The second kappa shape index (κ2) is 50.1. The zero-order chi connectivity index (χ0) is 45.2. The maximum Gasteiger partial charge on any atom is 0.306 e. The first-order chi connectivity index (χ1) is 30.5. The molecule has 0 aromatic rings. The smallest absolute Gasteiger partial charge is 0.306 e. The molecule has 6 heteroatoms. The first-order valence-corrected chi connectivity index (χ1v) is 27.2. The van der Waals surface area contributed by atoms with Gasteiger partial charge in [-0.25, -0.2) is 0 Å². The molecule has 0 aliphatic heterocycles. The lowest BCUT2D eigenvalue weighted by atomic mass is 10.0. The maximum atomic E-state index is 13.2. The number of amides is 1. The molecule has 0 radical (unpaired) electrons. The Kier molecular flexibility index (Phi) is 48.5. The maximum absolute atomic E-state index is 13.2. The minimum atomic E-state index is -0.789. The summed E-state index contributed by atoms with van der Waals surface area (Å²) in [5.41, 5.74) is 0. The molecule has 0 rings (SSSR count). The molecular formula is C56H105NO5. The zero-order valence-corrected chi connectivity index (χ0v) is 41.5. The molecule has 0 fully saturated rings. The van der Waals surface area contributed by atoms with Crippen LogP contribution in [0.2, 0.25) is 0 Å². The molecule has 1 amide bonds. The Balaban J connectivity index is 4.59. The number of ether oxygens (including phenoxy) is 1. The topological polar surface area (TPSA) is 95.9 Å². The van der Waals surface area contributed by atoms with E-state index in [4.69, 9.17) is 4.74 Å². The average Bonchev–Trinajstić information content (AvgIpc) is 3.26. The monoisotopic (exact) mass is 872 g/mol. The summed E-state index contributed by atoms with van der Waals surface area (Å²) in [4.78, 5) is 26.2. The number of allylic oxidation sites excluding steroid dienone is 6. The van der Waals surface area contributed by atoms with Crippen LogP contribution >= 0.6 is 0 Å². The average molecular weight is 872 g/mol. The molecule has 364 valence electrons. The number of carbonyl (C=O) groups is 2. The molecule has 0 heterocycles. The lowest BCUT2D eigenvalue weighted by molar-refractivity contribution is -0.151. The van der Waals surface area contributed by atoms with Gasteiger partial charge in [-0.05, 0) is 77.0 Å². The zero-order valence-electron chi connectivity index (χ0n) is 41.5. The highest BCUT2D eigenvalue weighted by molar-refractivity contribution is 5.77. The molecule has 0 aliphatic carbocycles. The van der Waals surface area contributed by atoms with E-state index >= 15 is 0 Å². The SMILES string of the molecule is CCCCC/C=C/C=C/CCCCCCCCC(=O)OC(CCCCCCCCC/C=C/CCCCCCCC)CC(=O)NC(CO)C(O)CCCCCCCCCCCCC. The van der Waals surface area contributed by atoms with Crippen molar-refractivity contribution < 1.29 is 24.5 Å². The number of esters is 1. The highest BCUT2D eigenvalue weighted by Crippen LogP contribution is 2.18. The molecule has 3 atom stereocenters. The second-order valence-corrected chi connectivity index (χ2v) is 18.7. The van der Waals surface area contributed by atoms with E-state index in [-0.39, 0.29) is 24.9 Å². The van der Waals surface area contributed by atoms with Crippen molar-refractivity contribution in [1.29, 1.82) is 0 Å². The number of unbranched alkanes of at least 4 members (excludes halogenated alkanes) is 32. The van der Waals surface area contributed by atoms with E-state index < -0.39 is 18.2 Å².